The highest BCUT2D eigenvalue weighted by atomic mass is 35.5. The van der Waals surface area contributed by atoms with E-state index in [1.807, 2.05) is 31.2 Å². The molecule has 0 saturated carbocycles. The minimum atomic E-state index is -0.416. The van der Waals surface area contributed by atoms with Gasteiger partial charge in [0.2, 0.25) is 5.91 Å². The van der Waals surface area contributed by atoms with Crippen molar-refractivity contribution in [2.45, 2.75) is 19.5 Å². The molecule has 0 unspecified atom stereocenters. The summed E-state index contributed by atoms with van der Waals surface area (Å²) < 4.78 is 7.39. The zero-order chi connectivity index (χ0) is 19.7. The smallest absolute Gasteiger partial charge is 0.247 e. The highest BCUT2D eigenvalue weighted by molar-refractivity contribution is 6.30. The zero-order valence-electron chi connectivity index (χ0n) is 15.4. The van der Waals surface area contributed by atoms with Crippen LogP contribution < -0.4 is 4.74 Å². The lowest BCUT2D eigenvalue weighted by atomic mass is 10.0. The van der Waals surface area contributed by atoms with Gasteiger partial charge >= 0.3 is 0 Å². The number of benzene rings is 2. The molecule has 4 rings (SSSR count). The van der Waals surface area contributed by atoms with E-state index in [4.69, 9.17) is 16.3 Å². The van der Waals surface area contributed by atoms with Crippen molar-refractivity contribution in [2.24, 2.45) is 0 Å². The van der Waals surface area contributed by atoms with Gasteiger partial charge in [-0.25, -0.2) is 0 Å². The maximum atomic E-state index is 13.0. The van der Waals surface area contributed by atoms with E-state index in [0.29, 0.717) is 30.5 Å². The predicted octanol–water partition coefficient (Wildman–Crippen LogP) is 3.89. The highest BCUT2D eigenvalue weighted by Gasteiger charge is 2.27. The molecule has 6 nitrogen and oxygen atoms in total. The van der Waals surface area contributed by atoms with E-state index in [1.165, 1.54) is 0 Å². The first-order chi connectivity index (χ1) is 13.5. The average Bonchev–Trinajstić information content (AvgIpc) is 3.13. The van der Waals surface area contributed by atoms with E-state index in [-0.39, 0.29) is 11.7 Å². The van der Waals surface area contributed by atoms with Crippen LogP contribution in [0.5, 0.6) is 11.5 Å². The second-order valence-electron chi connectivity index (χ2n) is 6.76. The molecule has 0 fully saturated rings. The van der Waals surface area contributed by atoms with Crippen molar-refractivity contribution in [3.8, 4) is 22.6 Å². The molecule has 1 N–H and O–H groups in total. The average molecular weight is 398 g/mol. The van der Waals surface area contributed by atoms with Gasteiger partial charge < -0.3 is 14.7 Å². The molecular formula is C21H20ClN3O3. The van der Waals surface area contributed by atoms with Crippen molar-refractivity contribution in [2.75, 3.05) is 13.2 Å². The molecule has 0 spiro atoms. The molecule has 0 aliphatic carbocycles. The summed E-state index contributed by atoms with van der Waals surface area (Å²) in [6.45, 7) is 2.92. The summed E-state index contributed by atoms with van der Waals surface area (Å²) in [4.78, 5) is 14.7. The van der Waals surface area contributed by atoms with Gasteiger partial charge in [-0.2, -0.15) is 5.10 Å². The number of hydrogen-bond acceptors (Lipinski definition) is 4. The van der Waals surface area contributed by atoms with E-state index in [0.717, 1.165) is 16.7 Å². The minimum absolute atomic E-state index is 0.0483. The second-order valence-corrected chi connectivity index (χ2v) is 7.20. The van der Waals surface area contributed by atoms with Gasteiger partial charge in [0.05, 0.1) is 6.54 Å². The molecule has 1 atom stereocenters. The fourth-order valence-electron chi connectivity index (χ4n) is 3.41. The lowest BCUT2D eigenvalue weighted by Crippen LogP contribution is -2.37. The summed E-state index contributed by atoms with van der Waals surface area (Å²) in [5, 5.41) is 15.3. The third kappa shape index (κ3) is 3.55. The van der Waals surface area contributed by atoms with Crippen molar-refractivity contribution >= 4 is 17.5 Å². The number of ether oxygens (including phenoxy) is 1. The van der Waals surface area contributed by atoms with E-state index in [2.05, 4.69) is 5.10 Å². The van der Waals surface area contributed by atoms with Gasteiger partial charge in [0.25, 0.3) is 0 Å². The topological polar surface area (TPSA) is 67.6 Å². The summed E-state index contributed by atoms with van der Waals surface area (Å²) in [6.07, 6.45) is 3.42. The summed E-state index contributed by atoms with van der Waals surface area (Å²) in [6, 6.07) is 12.4. The van der Waals surface area contributed by atoms with E-state index in [9.17, 15) is 9.90 Å². The van der Waals surface area contributed by atoms with Gasteiger partial charge in [0, 0.05) is 29.5 Å². The summed E-state index contributed by atoms with van der Waals surface area (Å²) in [5.41, 5.74) is 2.46. The van der Waals surface area contributed by atoms with Crippen LogP contribution in [0.4, 0.5) is 0 Å². The van der Waals surface area contributed by atoms with Crippen LogP contribution in [0.25, 0.3) is 11.1 Å². The Hall–Kier alpha value is -2.99. The lowest BCUT2D eigenvalue weighted by molar-refractivity contribution is -0.135. The van der Waals surface area contributed by atoms with Gasteiger partial charge in [0.1, 0.15) is 12.6 Å². The first kappa shape index (κ1) is 18.4. The highest BCUT2D eigenvalue weighted by Crippen LogP contribution is 2.38. The number of carbonyl (C=O) groups is 1. The van der Waals surface area contributed by atoms with Crippen molar-refractivity contribution in [1.29, 1.82) is 0 Å². The molecular weight excluding hydrogens is 378 g/mol. The largest absolute Gasteiger partial charge is 0.504 e. The van der Waals surface area contributed by atoms with Crippen LogP contribution in [-0.4, -0.2) is 38.8 Å². The Morgan fingerprint density at radius 3 is 2.86 bits per heavy atom. The summed E-state index contributed by atoms with van der Waals surface area (Å²) in [5.74, 6) is 0.433. The number of fused-ring (bicyclic) bond motifs is 1. The van der Waals surface area contributed by atoms with Gasteiger partial charge in [-0.1, -0.05) is 23.7 Å². The van der Waals surface area contributed by atoms with Crippen LogP contribution in [0.1, 0.15) is 18.5 Å². The van der Waals surface area contributed by atoms with Gasteiger partial charge in [-0.3, -0.25) is 9.48 Å². The van der Waals surface area contributed by atoms with Crippen LogP contribution in [0.2, 0.25) is 5.02 Å². The van der Waals surface area contributed by atoms with Gasteiger partial charge in [-0.15, -0.1) is 0 Å². The van der Waals surface area contributed by atoms with Gasteiger partial charge in [-0.05, 0) is 48.4 Å². The summed E-state index contributed by atoms with van der Waals surface area (Å²) in [7, 11) is 0. The number of phenolic OH excluding ortho intramolecular Hbond substituents is 1. The SMILES string of the molecule is C[C@@H](C(=O)N1CCOc2c(O)cc(-c3cccc(Cl)c3)cc2C1)n1cccn1. The molecule has 0 bridgehead atoms. The van der Waals surface area contributed by atoms with E-state index >= 15 is 0 Å². The third-order valence-corrected chi connectivity index (χ3v) is 5.10. The summed E-state index contributed by atoms with van der Waals surface area (Å²) >= 11 is 6.10. The predicted molar refractivity (Wildman–Crippen MR) is 106 cm³/mol. The first-order valence-corrected chi connectivity index (χ1v) is 9.43. The molecule has 144 valence electrons. The lowest BCUT2D eigenvalue weighted by Gasteiger charge is -2.24. The maximum Gasteiger partial charge on any atom is 0.247 e. The number of aromatic hydroxyl groups is 1. The second kappa shape index (κ2) is 7.56. The third-order valence-electron chi connectivity index (χ3n) is 4.86. The number of carbonyl (C=O) groups excluding carboxylic acids is 1. The number of hydrogen-bond donors (Lipinski definition) is 1. The Bertz CT molecular complexity index is 1000. The van der Waals surface area contributed by atoms with E-state index < -0.39 is 6.04 Å². The van der Waals surface area contributed by atoms with Crippen LogP contribution in [-0.2, 0) is 11.3 Å². The molecule has 2 heterocycles. The minimum Gasteiger partial charge on any atom is -0.504 e. The fourth-order valence-corrected chi connectivity index (χ4v) is 3.60. The molecule has 1 aliphatic heterocycles. The Morgan fingerprint density at radius 2 is 2.11 bits per heavy atom. The molecule has 1 amide bonds. The van der Waals surface area contributed by atoms with Crippen LogP contribution in [0.15, 0.2) is 54.9 Å². The Labute approximate surface area is 167 Å². The number of halogens is 1. The van der Waals surface area contributed by atoms with Crippen LogP contribution >= 0.6 is 11.6 Å². The molecule has 0 radical (unpaired) electrons. The molecule has 2 aromatic carbocycles. The van der Waals surface area contributed by atoms with Gasteiger partial charge in [0.15, 0.2) is 11.5 Å². The van der Waals surface area contributed by atoms with Crippen molar-refractivity contribution in [3.63, 3.8) is 0 Å². The Morgan fingerprint density at radius 1 is 1.25 bits per heavy atom. The van der Waals surface area contributed by atoms with Crippen molar-refractivity contribution in [1.82, 2.24) is 14.7 Å². The number of aromatic nitrogens is 2. The monoisotopic (exact) mass is 397 g/mol. The molecule has 7 heteroatoms. The first-order valence-electron chi connectivity index (χ1n) is 9.05. The fraction of sp³-hybridized carbons (Fsp3) is 0.238. The van der Waals surface area contributed by atoms with Crippen LogP contribution in [0.3, 0.4) is 0 Å². The molecule has 1 aliphatic rings. The van der Waals surface area contributed by atoms with E-state index in [1.54, 1.807) is 40.2 Å². The maximum absolute atomic E-state index is 13.0. The van der Waals surface area contributed by atoms with Crippen LogP contribution in [0, 0.1) is 0 Å². The normalized spacial score (nSPS) is 14.7. The molecule has 3 aromatic rings. The molecule has 1 aromatic heterocycles. The number of phenols is 1. The number of rotatable bonds is 3. The zero-order valence-corrected chi connectivity index (χ0v) is 16.1. The standard InChI is InChI=1S/C21H20ClN3O3/c1-14(25-7-3-6-23-25)21(27)24-8-9-28-20-17(13-24)10-16(12-19(20)26)15-4-2-5-18(22)11-15/h2-7,10-12,14,26H,8-9,13H2,1H3/t14-/m0/s1. The Balaban J connectivity index is 1.66. The van der Waals surface area contributed by atoms with Crippen molar-refractivity contribution < 1.29 is 14.6 Å². The van der Waals surface area contributed by atoms with Crippen molar-refractivity contribution in [3.05, 3.63) is 65.4 Å². The molecule has 28 heavy (non-hydrogen) atoms. The number of nitrogens with zero attached hydrogens (tertiary/aromatic N) is 3. The Kier molecular flexibility index (Phi) is 4.96. The molecule has 0 saturated heterocycles. The number of amides is 1. The quantitative estimate of drug-likeness (QED) is 0.728.